The van der Waals surface area contributed by atoms with E-state index in [0.29, 0.717) is 24.3 Å². The van der Waals surface area contributed by atoms with Crippen LogP contribution in [0.5, 0.6) is 0 Å². The number of aromatic nitrogens is 4. The average Bonchev–Trinajstić information content (AvgIpc) is 2.78. The van der Waals surface area contributed by atoms with Gasteiger partial charge in [0.1, 0.15) is 0 Å². The minimum Gasteiger partial charge on any atom is -0.321 e. The summed E-state index contributed by atoms with van der Waals surface area (Å²) in [4.78, 5) is 30.3. The first-order valence-corrected chi connectivity index (χ1v) is 6.48. The minimum atomic E-state index is -0.397. The highest BCUT2D eigenvalue weighted by molar-refractivity contribution is 5.69. The second-order valence-electron chi connectivity index (χ2n) is 4.48. The Kier molecular flexibility index (Phi) is 3.99. The summed E-state index contributed by atoms with van der Waals surface area (Å²) < 4.78 is 3.23. The highest BCUT2D eigenvalue weighted by Crippen LogP contribution is 2.07. The van der Waals surface area contributed by atoms with E-state index in [2.05, 4.69) is 23.5 Å². The van der Waals surface area contributed by atoms with Gasteiger partial charge in [-0.15, -0.1) is 6.58 Å². The van der Waals surface area contributed by atoms with Gasteiger partial charge >= 0.3 is 5.69 Å². The zero-order chi connectivity index (χ0) is 13.8. The number of allylic oxidation sites excluding steroid dienone is 1. The van der Waals surface area contributed by atoms with Crippen LogP contribution < -0.4 is 11.2 Å². The fourth-order valence-electron chi connectivity index (χ4n) is 2.13. The number of unbranched alkanes of at least 4 members (excludes halogenated alkanes) is 2. The summed E-state index contributed by atoms with van der Waals surface area (Å²) in [7, 11) is 0. The summed E-state index contributed by atoms with van der Waals surface area (Å²) in [5.41, 5.74) is 0.0891. The number of hydrogen-bond acceptors (Lipinski definition) is 3. The van der Waals surface area contributed by atoms with Crippen LogP contribution in [0.2, 0.25) is 0 Å². The molecule has 0 aliphatic rings. The van der Waals surface area contributed by atoms with E-state index < -0.39 is 11.2 Å². The Hall–Kier alpha value is -2.11. The standard InChI is InChI=1S/C13H18N4O2/c1-3-5-6-8-17-11-10(12(18)15-13(17)19)16(7-4-2)9-14-11/h4,9H,2-3,5-8H2,1H3,(H,15,18,19). The second kappa shape index (κ2) is 5.69. The van der Waals surface area contributed by atoms with E-state index in [0.717, 1.165) is 19.3 Å². The third-order valence-electron chi connectivity index (χ3n) is 3.07. The normalized spacial score (nSPS) is 11.0. The van der Waals surface area contributed by atoms with Crippen LogP contribution in [0, 0.1) is 0 Å². The first-order chi connectivity index (χ1) is 9.19. The quantitative estimate of drug-likeness (QED) is 0.629. The number of aromatic amines is 1. The zero-order valence-electron chi connectivity index (χ0n) is 11.1. The molecule has 0 atom stereocenters. The number of fused-ring (bicyclic) bond motifs is 1. The van der Waals surface area contributed by atoms with Crippen molar-refractivity contribution in [2.75, 3.05) is 0 Å². The van der Waals surface area contributed by atoms with Crippen LogP contribution in [-0.4, -0.2) is 19.1 Å². The number of H-pyrrole nitrogens is 1. The first kappa shape index (κ1) is 13.3. The van der Waals surface area contributed by atoms with Gasteiger partial charge in [-0.1, -0.05) is 25.8 Å². The van der Waals surface area contributed by atoms with Crippen molar-refractivity contribution in [2.45, 2.75) is 39.3 Å². The van der Waals surface area contributed by atoms with E-state index in [1.165, 1.54) is 4.57 Å². The van der Waals surface area contributed by atoms with Gasteiger partial charge in [0.15, 0.2) is 11.2 Å². The molecule has 19 heavy (non-hydrogen) atoms. The van der Waals surface area contributed by atoms with Gasteiger partial charge in [0.2, 0.25) is 0 Å². The molecule has 0 aliphatic carbocycles. The van der Waals surface area contributed by atoms with Gasteiger partial charge < -0.3 is 4.57 Å². The van der Waals surface area contributed by atoms with Gasteiger partial charge in [-0.3, -0.25) is 14.3 Å². The van der Waals surface area contributed by atoms with Crippen LogP contribution in [0.3, 0.4) is 0 Å². The SMILES string of the molecule is C=CCn1cnc2c1c(=O)[nH]c(=O)n2CCCCC. The van der Waals surface area contributed by atoms with E-state index in [1.807, 2.05) is 0 Å². The van der Waals surface area contributed by atoms with Crippen LogP contribution in [0.25, 0.3) is 11.2 Å². The Bertz CT molecular complexity index is 693. The van der Waals surface area contributed by atoms with Crippen LogP contribution in [-0.2, 0) is 13.1 Å². The van der Waals surface area contributed by atoms with Gasteiger partial charge in [0, 0.05) is 13.1 Å². The Morgan fingerprint density at radius 2 is 2.21 bits per heavy atom. The fraction of sp³-hybridized carbons (Fsp3) is 0.462. The van der Waals surface area contributed by atoms with Crippen LogP contribution in [0.15, 0.2) is 28.6 Å². The van der Waals surface area contributed by atoms with Crippen molar-refractivity contribution in [3.05, 3.63) is 39.8 Å². The molecule has 1 N–H and O–H groups in total. The zero-order valence-corrected chi connectivity index (χ0v) is 11.1. The van der Waals surface area contributed by atoms with Crippen molar-refractivity contribution in [3.8, 4) is 0 Å². The lowest BCUT2D eigenvalue weighted by atomic mass is 10.2. The molecule has 6 heteroatoms. The maximum absolute atomic E-state index is 11.9. The van der Waals surface area contributed by atoms with Crippen molar-refractivity contribution in [3.63, 3.8) is 0 Å². The number of aryl methyl sites for hydroxylation is 1. The molecular formula is C13H18N4O2. The maximum atomic E-state index is 11.9. The molecule has 0 fully saturated rings. The van der Waals surface area contributed by atoms with Crippen molar-refractivity contribution in [1.29, 1.82) is 0 Å². The molecule has 6 nitrogen and oxygen atoms in total. The molecular weight excluding hydrogens is 244 g/mol. The van der Waals surface area contributed by atoms with Crippen molar-refractivity contribution in [1.82, 2.24) is 19.1 Å². The predicted octanol–water partition coefficient (Wildman–Crippen LogP) is 1.26. The van der Waals surface area contributed by atoms with E-state index in [-0.39, 0.29) is 0 Å². The molecule has 2 aromatic heterocycles. The Balaban J connectivity index is 2.54. The van der Waals surface area contributed by atoms with Crippen LogP contribution in [0.1, 0.15) is 26.2 Å². The third-order valence-corrected chi connectivity index (χ3v) is 3.07. The maximum Gasteiger partial charge on any atom is 0.330 e. The summed E-state index contributed by atoms with van der Waals surface area (Å²) >= 11 is 0. The molecule has 0 radical (unpaired) electrons. The molecule has 0 aromatic carbocycles. The third kappa shape index (κ3) is 2.52. The number of hydrogen-bond donors (Lipinski definition) is 1. The van der Waals surface area contributed by atoms with Gasteiger partial charge in [0.25, 0.3) is 5.56 Å². The number of nitrogens with zero attached hydrogens (tertiary/aromatic N) is 3. The summed E-state index contributed by atoms with van der Waals surface area (Å²) in [5, 5.41) is 0. The summed E-state index contributed by atoms with van der Waals surface area (Å²) in [5.74, 6) is 0. The molecule has 0 saturated carbocycles. The minimum absolute atomic E-state index is 0.391. The van der Waals surface area contributed by atoms with E-state index in [4.69, 9.17) is 0 Å². The van der Waals surface area contributed by atoms with Gasteiger partial charge in [0.05, 0.1) is 6.33 Å². The molecule has 0 amide bonds. The molecule has 0 spiro atoms. The van der Waals surface area contributed by atoms with Crippen molar-refractivity contribution < 1.29 is 0 Å². The molecule has 0 saturated heterocycles. The Morgan fingerprint density at radius 1 is 1.42 bits per heavy atom. The smallest absolute Gasteiger partial charge is 0.321 e. The highest BCUT2D eigenvalue weighted by Gasteiger charge is 2.12. The highest BCUT2D eigenvalue weighted by atomic mass is 16.2. The monoisotopic (exact) mass is 262 g/mol. The average molecular weight is 262 g/mol. The lowest BCUT2D eigenvalue weighted by molar-refractivity contribution is 0.588. The van der Waals surface area contributed by atoms with E-state index >= 15 is 0 Å². The first-order valence-electron chi connectivity index (χ1n) is 6.48. The fourth-order valence-corrected chi connectivity index (χ4v) is 2.13. The van der Waals surface area contributed by atoms with Gasteiger partial charge in [-0.2, -0.15) is 0 Å². The van der Waals surface area contributed by atoms with Gasteiger partial charge in [-0.05, 0) is 6.42 Å². The summed E-state index contributed by atoms with van der Waals surface area (Å²) in [6, 6.07) is 0. The summed E-state index contributed by atoms with van der Waals surface area (Å²) in [6.07, 6.45) is 6.27. The van der Waals surface area contributed by atoms with E-state index in [1.54, 1.807) is 17.0 Å². The molecule has 2 aromatic rings. The molecule has 102 valence electrons. The molecule has 2 rings (SSSR count). The van der Waals surface area contributed by atoms with Crippen LogP contribution >= 0.6 is 0 Å². The predicted molar refractivity (Wildman–Crippen MR) is 74.3 cm³/mol. The van der Waals surface area contributed by atoms with E-state index in [9.17, 15) is 9.59 Å². The lowest BCUT2D eigenvalue weighted by Gasteiger charge is -2.06. The molecule has 0 aliphatic heterocycles. The number of rotatable bonds is 6. The summed E-state index contributed by atoms with van der Waals surface area (Å²) in [6.45, 7) is 6.81. The second-order valence-corrected chi connectivity index (χ2v) is 4.48. The van der Waals surface area contributed by atoms with Crippen molar-refractivity contribution in [2.24, 2.45) is 0 Å². The number of nitrogens with one attached hydrogen (secondary N) is 1. The van der Waals surface area contributed by atoms with Crippen molar-refractivity contribution >= 4 is 11.2 Å². The molecule has 2 heterocycles. The van der Waals surface area contributed by atoms with Gasteiger partial charge in [-0.25, -0.2) is 9.78 Å². The topological polar surface area (TPSA) is 72.7 Å². The molecule has 0 unspecified atom stereocenters. The Labute approximate surface area is 110 Å². The molecule has 0 bridgehead atoms. The lowest BCUT2D eigenvalue weighted by Crippen LogP contribution is -2.31. The van der Waals surface area contributed by atoms with Crippen LogP contribution in [0.4, 0.5) is 0 Å². The number of imidazole rings is 1. The largest absolute Gasteiger partial charge is 0.330 e. The Morgan fingerprint density at radius 3 is 2.89 bits per heavy atom.